The summed E-state index contributed by atoms with van der Waals surface area (Å²) < 4.78 is 4.87. The highest BCUT2D eigenvalue weighted by molar-refractivity contribution is 5.72. The van der Waals surface area contributed by atoms with Gasteiger partial charge in [0.05, 0.1) is 16.9 Å². The molecule has 6 nitrogen and oxygen atoms in total. The molecule has 0 radical (unpaired) electrons. The average Bonchev–Trinajstić information content (AvgIpc) is 2.77. The predicted octanol–water partition coefficient (Wildman–Crippen LogP) is 1.49. The number of hydrogen-bond acceptors (Lipinski definition) is 6. The molecule has 1 heterocycles. The minimum Gasteiger partial charge on any atom is -0.396 e. The summed E-state index contributed by atoms with van der Waals surface area (Å²) in [5, 5.41) is 15.8. The van der Waals surface area contributed by atoms with Gasteiger partial charge >= 0.3 is 0 Å². The first-order chi connectivity index (χ1) is 8.70. The number of nitrogen functional groups attached to an aromatic ring is 1. The number of nitrogens with one attached hydrogen (secondary N) is 1. The van der Waals surface area contributed by atoms with Crippen LogP contribution in [0.1, 0.15) is 17.3 Å². The zero-order valence-corrected chi connectivity index (χ0v) is 9.97. The molecule has 0 aliphatic carbocycles. The number of rotatable bonds is 4. The Morgan fingerprint density at radius 2 is 2.33 bits per heavy atom. The van der Waals surface area contributed by atoms with Gasteiger partial charge in [0, 0.05) is 19.9 Å². The highest BCUT2D eigenvalue weighted by Crippen LogP contribution is 2.21. The van der Waals surface area contributed by atoms with Crippen LogP contribution in [0.15, 0.2) is 22.7 Å². The largest absolute Gasteiger partial charge is 0.396 e. The normalized spacial score (nSPS) is 10.0. The summed E-state index contributed by atoms with van der Waals surface area (Å²) in [5.74, 6) is 1.20. The standard InChI is InChI=1S/C12H13N5O/c1-8-16-11(17-18-8)5-6-15-10-4-2-3-9(7-13)12(10)14/h2-4,15H,5-6,14H2,1H3. The fraction of sp³-hybridized carbons (Fsp3) is 0.250. The Morgan fingerprint density at radius 1 is 1.50 bits per heavy atom. The monoisotopic (exact) mass is 243 g/mol. The van der Waals surface area contributed by atoms with Gasteiger partial charge in [0.15, 0.2) is 5.82 Å². The molecule has 0 unspecified atom stereocenters. The minimum atomic E-state index is 0.462. The molecule has 3 N–H and O–H groups in total. The molecule has 2 aromatic rings. The van der Waals surface area contributed by atoms with Crippen LogP contribution >= 0.6 is 0 Å². The van der Waals surface area contributed by atoms with E-state index >= 15 is 0 Å². The van der Waals surface area contributed by atoms with Gasteiger partial charge in [0.1, 0.15) is 6.07 Å². The average molecular weight is 243 g/mol. The smallest absolute Gasteiger partial charge is 0.223 e. The third-order valence-electron chi connectivity index (χ3n) is 2.46. The molecule has 0 amide bonds. The Kier molecular flexibility index (Phi) is 3.44. The van der Waals surface area contributed by atoms with Gasteiger partial charge in [0.25, 0.3) is 0 Å². The molecule has 1 aromatic carbocycles. The number of aromatic nitrogens is 2. The molecule has 2 rings (SSSR count). The van der Waals surface area contributed by atoms with Crippen molar-refractivity contribution in [1.29, 1.82) is 5.26 Å². The van der Waals surface area contributed by atoms with Crippen LogP contribution in [0.4, 0.5) is 11.4 Å². The van der Waals surface area contributed by atoms with Crippen molar-refractivity contribution in [2.45, 2.75) is 13.3 Å². The molecular weight excluding hydrogens is 230 g/mol. The zero-order valence-electron chi connectivity index (χ0n) is 9.97. The number of nitriles is 1. The second kappa shape index (κ2) is 5.19. The fourth-order valence-electron chi connectivity index (χ4n) is 1.57. The van der Waals surface area contributed by atoms with E-state index in [1.807, 2.05) is 12.1 Å². The van der Waals surface area contributed by atoms with Crippen molar-refractivity contribution in [1.82, 2.24) is 10.1 Å². The summed E-state index contributed by atoms with van der Waals surface area (Å²) in [5.41, 5.74) is 7.52. The topological polar surface area (TPSA) is 101 Å². The first-order valence-corrected chi connectivity index (χ1v) is 5.52. The minimum absolute atomic E-state index is 0.462. The Labute approximate surface area is 104 Å². The molecule has 1 aromatic heterocycles. The van der Waals surface area contributed by atoms with Gasteiger partial charge in [-0.25, -0.2) is 0 Å². The van der Waals surface area contributed by atoms with Crippen molar-refractivity contribution >= 4 is 11.4 Å². The van der Waals surface area contributed by atoms with Crippen molar-refractivity contribution in [3.63, 3.8) is 0 Å². The van der Waals surface area contributed by atoms with Crippen molar-refractivity contribution in [2.75, 3.05) is 17.6 Å². The van der Waals surface area contributed by atoms with E-state index in [4.69, 9.17) is 15.5 Å². The third kappa shape index (κ3) is 2.58. The van der Waals surface area contributed by atoms with Crippen molar-refractivity contribution in [2.24, 2.45) is 0 Å². The quantitative estimate of drug-likeness (QED) is 0.789. The van der Waals surface area contributed by atoms with Gasteiger partial charge in [-0.05, 0) is 12.1 Å². The van der Waals surface area contributed by atoms with E-state index in [9.17, 15) is 0 Å². The van der Waals surface area contributed by atoms with Gasteiger partial charge in [-0.1, -0.05) is 11.2 Å². The van der Waals surface area contributed by atoms with Crippen molar-refractivity contribution < 1.29 is 4.52 Å². The molecule has 0 spiro atoms. The Bertz CT molecular complexity index is 584. The molecule has 0 fully saturated rings. The number of nitrogens with zero attached hydrogens (tertiary/aromatic N) is 3. The number of hydrogen-bond donors (Lipinski definition) is 2. The molecule has 0 saturated carbocycles. The summed E-state index contributed by atoms with van der Waals surface area (Å²) in [6.45, 7) is 2.37. The summed E-state index contributed by atoms with van der Waals surface area (Å²) in [6.07, 6.45) is 0.633. The van der Waals surface area contributed by atoms with Gasteiger partial charge in [-0.2, -0.15) is 10.2 Å². The van der Waals surface area contributed by atoms with E-state index in [0.717, 1.165) is 5.69 Å². The fourth-order valence-corrected chi connectivity index (χ4v) is 1.57. The number of aryl methyl sites for hydroxylation is 1. The molecule has 92 valence electrons. The number of nitrogens with two attached hydrogens (primary N) is 1. The summed E-state index contributed by atoms with van der Waals surface area (Å²) in [4.78, 5) is 4.10. The van der Waals surface area contributed by atoms with Crippen LogP contribution < -0.4 is 11.1 Å². The maximum absolute atomic E-state index is 8.86. The van der Waals surface area contributed by atoms with Gasteiger partial charge < -0.3 is 15.6 Å². The van der Waals surface area contributed by atoms with E-state index in [2.05, 4.69) is 15.5 Å². The van der Waals surface area contributed by atoms with E-state index in [0.29, 0.717) is 35.9 Å². The van der Waals surface area contributed by atoms with Crippen LogP contribution in [-0.4, -0.2) is 16.7 Å². The molecule has 0 aliphatic heterocycles. The molecule has 0 aliphatic rings. The van der Waals surface area contributed by atoms with Crippen molar-refractivity contribution in [3.8, 4) is 6.07 Å². The first kappa shape index (κ1) is 11.9. The van der Waals surface area contributed by atoms with E-state index in [1.165, 1.54) is 0 Å². The van der Waals surface area contributed by atoms with Crippen LogP contribution in [0.3, 0.4) is 0 Å². The highest BCUT2D eigenvalue weighted by Gasteiger charge is 2.05. The molecule has 0 atom stereocenters. The zero-order chi connectivity index (χ0) is 13.0. The summed E-state index contributed by atoms with van der Waals surface area (Å²) in [7, 11) is 0. The van der Waals surface area contributed by atoms with Crippen LogP contribution in [0.5, 0.6) is 0 Å². The van der Waals surface area contributed by atoms with Crippen LogP contribution in [0.25, 0.3) is 0 Å². The van der Waals surface area contributed by atoms with E-state index in [-0.39, 0.29) is 0 Å². The molecular formula is C12H13N5O. The lowest BCUT2D eigenvalue weighted by atomic mass is 10.1. The second-order valence-corrected chi connectivity index (χ2v) is 3.79. The SMILES string of the molecule is Cc1nc(CCNc2cccc(C#N)c2N)no1. The Balaban J connectivity index is 1.97. The van der Waals surface area contributed by atoms with Crippen molar-refractivity contribution in [3.05, 3.63) is 35.5 Å². The lowest BCUT2D eigenvalue weighted by Gasteiger charge is -2.08. The Morgan fingerprint density at radius 3 is 3.00 bits per heavy atom. The summed E-state index contributed by atoms with van der Waals surface area (Å²) in [6, 6.07) is 7.34. The molecule has 18 heavy (non-hydrogen) atoms. The first-order valence-electron chi connectivity index (χ1n) is 5.52. The molecule has 0 bridgehead atoms. The molecule has 0 saturated heterocycles. The lowest BCUT2D eigenvalue weighted by Crippen LogP contribution is -2.08. The van der Waals surface area contributed by atoms with Crippen LogP contribution in [-0.2, 0) is 6.42 Å². The van der Waals surface area contributed by atoms with Gasteiger partial charge in [0.2, 0.25) is 5.89 Å². The third-order valence-corrected chi connectivity index (χ3v) is 2.46. The Hall–Kier alpha value is -2.55. The second-order valence-electron chi connectivity index (χ2n) is 3.79. The maximum Gasteiger partial charge on any atom is 0.223 e. The number of anilines is 2. The summed E-state index contributed by atoms with van der Waals surface area (Å²) >= 11 is 0. The predicted molar refractivity (Wildman–Crippen MR) is 66.8 cm³/mol. The van der Waals surface area contributed by atoms with Crippen LogP contribution in [0.2, 0.25) is 0 Å². The number of benzene rings is 1. The number of para-hydroxylation sites is 1. The molecule has 6 heteroatoms. The highest BCUT2D eigenvalue weighted by atomic mass is 16.5. The van der Waals surface area contributed by atoms with Gasteiger partial charge in [-0.15, -0.1) is 0 Å². The van der Waals surface area contributed by atoms with Gasteiger partial charge in [-0.3, -0.25) is 0 Å². The lowest BCUT2D eigenvalue weighted by molar-refractivity contribution is 0.387. The van der Waals surface area contributed by atoms with E-state index in [1.54, 1.807) is 19.1 Å². The maximum atomic E-state index is 8.86. The van der Waals surface area contributed by atoms with Crippen LogP contribution in [0, 0.1) is 18.3 Å². The van der Waals surface area contributed by atoms with E-state index < -0.39 is 0 Å².